The molecular weight excluding hydrogens is 628 g/mol. The molecule has 4 atom stereocenters. The van der Waals surface area contributed by atoms with Gasteiger partial charge >= 0.3 is 10.1 Å². The van der Waals surface area contributed by atoms with Crippen LogP contribution >= 0.6 is 0 Å². The van der Waals surface area contributed by atoms with Gasteiger partial charge in [-0.2, -0.15) is 8.42 Å². The van der Waals surface area contributed by atoms with Crippen LogP contribution in [0.25, 0.3) is 10.9 Å². The Morgan fingerprint density at radius 2 is 1.81 bits per heavy atom. The topological polar surface area (TPSA) is 99.5 Å². The van der Waals surface area contributed by atoms with E-state index in [9.17, 15) is 13.5 Å². The van der Waals surface area contributed by atoms with Gasteiger partial charge in [0.15, 0.2) is 23.9 Å². The van der Waals surface area contributed by atoms with E-state index in [0.29, 0.717) is 43.9 Å². The number of nitrogens with zero attached hydrogens (tertiary/aromatic N) is 2. The van der Waals surface area contributed by atoms with E-state index in [-0.39, 0.29) is 23.0 Å². The molecule has 5 aliphatic rings. The molecule has 2 bridgehead atoms. The van der Waals surface area contributed by atoms with Crippen LogP contribution in [0.15, 0.2) is 65.6 Å². The number of piperidine rings is 1. The number of aliphatic hydroxyl groups is 1. The van der Waals surface area contributed by atoms with Gasteiger partial charge in [0.05, 0.1) is 16.7 Å². The molecule has 4 aromatic rings. The lowest BCUT2D eigenvalue weighted by molar-refractivity contribution is -0.173. The lowest BCUT2D eigenvalue weighted by Gasteiger charge is -2.63. The smallest absolute Gasteiger partial charge is 0.339 e. The Morgan fingerprint density at radius 3 is 2.56 bits per heavy atom. The summed E-state index contributed by atoms with van der Waals surface area (Å²) in [6.07, 6.45) is 4.08. The molecule has 1 N–H and O–H groups in total. The molecule has 0 radical (unpaired) electrons. The Labute approximate surface area is 281 Å². The van der Waals surface area contributed by atoms with Crippen LogP contribution in [0, 0.1) is 12.8 Å². The van der Waals surface area contributed by atoms with E-state index in [1.165, 1.54) is 12.8 Å². The zero-order chi connectivity index (χ0) is 33.0. The SMILES string of the molecule is COC(CCn1c2c(c3ccccc31)C[C@@]1(O)[C@H]3Cc4ccc(OS(=O)(=O)c5ccc(C)cc5)c5c4[C@@]1(CCN3CC1CC1)[C@H]2O5)OC. The summed E-state index contributed by atoms with van der Waals surface area (Å²) in [5.74, 6) is 1.30. The van der Waals surface area contributed by atoms with Crippen molar-refractivity contribution in [3.63, 3.8) is 0 Å². The molecule has 0 amide bonds. The highest BCUT2D eigenvalue weighted by atomic mass is 32.2. The number of fused-ring (bicyclic) bond motifs is 4. The minimum atomic E-state index is -4.14. The molecule has 3 heterocycles. The van der Waals surface area contributed by atoms with Gasteiger partial charge in [0, 0.05) is 62.7 Å². The zero-order valence-electron chi connectivity index (χ0n) is 27.6. The number of hydrogen-bond acceptors (Lipinski definition) is 8. The van der Waals surface area contributed by atoms with Crippen molar-refractivity contribution in [1.82, 2.24) is 9.47 Å². The van der Waals surface area contributed by atoms with Crippen molar-refractivity contribution in [1.29, 1.82) is 0 Å². The maximum absolute atomic E-state index is 13.6. The highest BCUT2D eigenvalue weighted by Gasteiger charge is 2.73. The number of rotatable bonds is 10. The van der Waals surface area contributed by atoms with Gasteiger partial charge in [-0.15, -0.1) is 0 Å². The van der Waals surface area contributed by atoms with Gasteiger partial charge in [-0.1, -0.05) is 42.0 Å². The van der Waals surface area contributed by atoms with Gasteiger partial charge in [-0.25, -0.2) is 0 Å². The average Bonchev–Trinajstić information content (AvgIpc) is 3.75. The summed E-state index contributed by atoms with van der Waals surface area (Å²) in [5.41, 5.74) is 4.31. The van der Waals surface area contributed by atoms with Crippen molar-refractivity contribution < 1.29 is 31.9 Å². The molecule has 3 aliphatic carbocycles. The predicted octanol–water partition coefficient (Wildman–Crippen LogP) is 5.43. The summed E-state index contributed by atoms with van der Waals surface area (Å²) in [5, 5.41) is 14.5. The highest BCUT2D eigenvalue weighted by molar-refractivity contribution is 7.87. The van der Waals surface area contributed by atoms with E-state index >= 15 is 0 Å². The van der Waals surface area contributed by atoms with Crippen molar-refractivity contribution in [2.24, 2.45) is 5.92 Å². The first-order valence-electron chi connectivity index (χ1n) is 17.1. The molecule has 10 heteroatoms. The predicted molar refractivity (Wildman–Crippen MR) is 180 cm³/mol. The largest absolute Gasteiger partial charge is 0.479 e. The Morgan fingerprint density at radius 1 is 1.04 bits per heavy atom. The van der Waals surface area contributed by atoms with Gasteiger partial charge in [0.1, 0.15) is 4.90 Å². The summed E-state index contributed by atoms with van der Waals surface area (Å²) in [6, 6.07) is 18.7. The molecule has 252 valence electrons. The number of ether oxygens (including phenoxy) is 3. The van der Waals surface area contributed by atoms with Crippen LogP contribution in [-0.2, 0) is 44.4 Å². The minimum Gasteiger partial charge on any atom is -0.479 e. The number of aryl methyl sites for hydroxylation is 2. The van der Waals surface area contributed by atoms with Crippen LogP contribution < -0.4 is 8.92 Å². The normalized spacial score (nSPS) is 27.2. The number of methoxy groups -OCH3 is 2. The Kier molecular flexibility index (Phi) is 6.89. The fraction of sp³-hybridized carbons (Fsp3) is 0.474. The van der Waals surface area contributed by atoms with Crippen LogP contribution in [0.4, 0.5) is 0 Å². The molecule has 9 rings (SSSR count). The van der Waals surface area contributed by atoms with Gasteiger partial charge in [-0.3, -0.25) is 4.90 Å². The van der Waals surface area contributed by atoms with Crippen LogP contribution in [0.2, 0.25) is 0 Å². The van der Waals surface area contributed by atoms with Gasteiger partial charge in [0.25, 0.3) is 0 Å². The molecule has 1 saturated carbocycles. The molecule has 1 aromatic heterocycles. The highest BCUT2D eigenvalue weighted by Crippen LogP contribution is 2.69. The molecule has 1 saturated heterocycles. The van der Waals surface area contributed by atoms with E-state index in [2.05, 4.69) is 33.7 Å². The summed E-state index contributed by atoms with van der Waals surface area (Å²) < 4.78 is 53.8. The van der Waals surface area contributed by atoms with Crippen LogP contribution in [0.5, 0.6) is 11.5 Å². The molecule has 2 aliphatic heterocycles. The Balaban J connectivity index is 1.23. The minimum absolute atomic E-state index is 0.0823. The summed E-state index contributed by atoms with van der Waals surface area (Å²) in [7, 11) is -0.841. The number of hydrogen-bond donors (Lipinski definition) is 1. The van der Waals surface area contributed by atoms with Gasteiger partial charge in [0.2, 0.25) is 0 Å². The Hall–Kier alpha value is -3.41. The van der Waals surface area contributed by atoms with Crippen molar-refractivity contribution in [3.05, 3.63) is 88.6 Å². The van der Waals surface area contributed by atoms with E-state index in [0.717, 1.165) is 51.9 Å². The summed E-state index contributed by atoms with van der Waals surface area (Å²) in [6.45, 7) is 4.39. The average molecular weight is 671 g/mol. The van der Waals surface area contributed by atoms with E-state index in [1.807, 2.05) is 13.0 Å². The third-order valence-corrected chi connectivity index (χ3v) is 13.2. The second-order valence-corrected chi connectivity index (χ2v) is 16.0. The second-order valence-electron chi connectivity index (χ2n) is 14.5. The molecule has 9 nitrogen and oxygen atoms in total. The monoisotopic (exact) mass is 670 g/mol. The lowest BCUT2D eigenvalue weighted by atomic mass is 9.49. The van der Waals surface area contributed by atoms with Crippen LogP contribution in [0.1, 0.15) is 59.7 Å². The van der Waals surface area contributed by atoms with Crippen molar-refractivity contribution in [3.8, 4) is 11.5 Å². The fourth-order valence-electron chi connectivity index (χ4n) is 9.54. The first-order valence-corrected chi connectivity index (χ1v) is 18.6. The molecule has 3 aromatic carbocycles. The van der Waals surface area contributed by atoms with Gasteiger partial charge < -0.3 is 28.1 Å². The van der Waals surface area contributed by atoms with E-state index < -0.39 is 27.2 Å². The number of likely N-dealkylation sites (tertiary alicyclic amines) is 1. The standard InChI is InChI=1S/C38H42N2O7S/c1-23-8-13-26(14-9-23)48(42,43)47-30-15-12-25-20-31-38(41)21-28-27-6-4-5-7-29(27)40(18-16-32(44-2)45-3)34(28)36-37(38,33(25)35(30)46-36)17-19-39(31)22-24-10-11-24/h4-9,12-15,24,31-32,36,41H,10-11,16-22H2,1-3H3/t31-,36+,37+,38-/m1/s1. The third-order valence-electron chi connectivity index (χ3n) is 11.9. The fourth-order valence-corrected chi connectivity index (χ4v) is 10.5. The van der Waals surface area contributed by atoms with Crippen LogP contribution in [0.3, 0.4) is 0 Å². The van der Waals surface area contributed by atoms with Crippen molar-refractivity contribution >= 4 is 21.0 Å². The van der Waals surface area contributed by atoms with E-state index in [4.69, 9.17) is 18.4 Å². The molecule has 48 heavy (non-hydrogen) atoms. The number of benzene rings is 3. The maximum Gasteiger partial charge on any atom is 0.339 e. The first-order chi connectivity index (χ1) is 23.2. The Bertz CT molecular complexity index is 2030. The molecule has 2 fully saturated rings. The van der Waals surface area contributed by atoms with Crippen molar-refractivity contribution in [2.75, 3.05) is 27.3 Å². The van der Waals surface area contributed by atoms with Gasteiger partial charge in [-0.05, 0) is 80.5 Å². The second kappa shape index (κ2) is 10.8. The van der Waals surface area contributed by atoms with Crippen molar-refractivity contribution in [2.45, 2.75) is 86.3 Å². The molecule has 1 spiro atoms. The maximum atomic E-state index is 13.6. The zero-order valence-corrected chi connectivity index (χ0v) is 28.5. The summed E-state index contributed by atoms with van der Waals surface area (Å²) >= 11 is 0. The molecular formula is C38H42N2O7S. The number of aromatic nitrogens is 1. The first kappa shape index (κ1) is 30.6. The lowest BCUT2D eigenvalue weighted by Crippen LogP contribution is -2.74. The number of para-hydroxylation sites is 1. The quantitative estimate of drug-likeness (QED) is 0.176. The van der Waals surface area contributed by atoms with E-state index in [1.54, 1.807) is 44.6 Å². The third kappa shape index (κ3) is 4.25. The van der Waals surface area contributed by atoms with Crippen LogP contribution in [-0.4, -0.2) is 68.2 Å². The molecule has 0 unspecified atom stereocenters. The summed E-state index contributed by atoms with van der Waals surface area (Å²) in [4.78, 5) is 2.63.